The molecule has 0 unspecified atom stereocenters. The molecule has 2 heterocycles. The Morgan fingerprint density at radius 1 is 1.00 bits per heavy atom. The van der Waals surface area contributed by atoms with Crippen molar-refractivity contribution in [2.45, 2.75) is 0 Å². The van der Waals surface area contributed by atoms with E-state index in [1.807, 2.05) is 30.3 Å². The van der Waals surface area contributed by atoms with Crippen molar-refractivity contribution in [2.24, 2.45) is 0 Å². The number of para-hydroxylation sites is 1. The van der Waals surface area contributed by atoms with Gasteiger partial charge in [-0.05, 0) is 17.3 Å². The number of benzene rings is 2. The molecule has 0 aliphatic rings. The molecule has 112 valence electrons. The van der Waals surface area contributed by atoms with Gasteiger partial charge in [-0.25, -0.2) is 4.79 Å². The highest BCUT2D eigenvalue weighted by Crippen LogP contribution is 2.29. The summed E-state index contributed by atoms with van der Waals surface area (Å²) in [5, 5.41) is 18.3. The fourth-order valence-electron chi connectivity index (χ4n) is 2.53. The highest BCUT2D eigenvalue weighted by atomic mass is 16.5. The summed E-state index contributed by atoms with van der Waals surface area (Å²) in [6, 6.07) is 18.0. The van der Waals surface area contributed by atoms with Crippen LogP contribution in [0, 0.1) is 0 Å². The zero-order valence-corrected chi connectivity index (χ0v) is 11.9. The average Bonchev–Trinajstić information content (AvgIpc) is 2.96. The maximum atomic E-state index is 12.3. The third-order valence-corrected chi connectivity index (χ3v) is 3.60. The highest BCUT2D eigenvalue weighted by molar-refractivity contribution is 5.84. The maximum Gasteiger partial charge on any atom is 0.345 e. The third kappa shape index (κ3) is 2.17. The van der Waals surface area contributed by atoms with Crippen LogP contribution >= 0.6 is 0 Å². The lowest BCUT2D eigenvalue weighted by Crippen LogP contribution is -2.04. The molecule has 6 heteroatoms. The van der Waals surface area contributed by atoms with Gasteiger partial charge in [0.15, 0.2) is 0 Å². The van der Waals surface area contributed by atoms with E-state index in [1.54, 1.807) is 30.3 Å². The first-order valence-electron chi connectivity index (χ1n) is 6.97. The summed E-state index contributed by atoms with van der Waals surface area (Å²) in [7, 11) is 0. The third-order valence-electron chi connectivity index (χ3n) is 3.60. The minimum atomic E-state index is -0.526. The van der Waals surface area contributed by atoms with Gasteiger partial charge in [0.25, 0.3) is 0 Å². The Bertz CT molecular complexity index is 1050. The normalized spacial score (nSPS) is 11.0. The molecule has 0 saturated heterocycles. The molecule has 23 heavy (non-hydrogen) atoms. The number of hydrogen-bond acceptors (Lipinski definition) is 5. The highest BCUT2D eigenvalue weighted by Gasteiger charge is 2.20. The predicted molar refractivity (Wildman–Crippen MR) is 84.1 cm³/mol. The van der Waals surface area contributed by atoms with Gasteiger partial charge in [-0.3, -0.25) is 0 Å². The van der Waals surface area contributed by atoms with Crippen molar-refractivity contribution in [3.05, 3.63) is 71.1 Å². The summed E-state index contributed by atoms with van der Waals surface area (Å²) >= 11 is 0. The lowest BCUT2D eigenvalue weighted by Gasteiger charge is -2.04. The molecular weight excluding hydrogens is 294 g/mol. The van der Waals surface area contributed by atoms with Crippen LogP contribution in [0.3, 0.4) is 0 Å². The molecular formula is C17H11N3O3. The van der Waals surface area contributed by atoms with Gasteiger partial charge in [0.05, 0.1) is 5.56 Å². The monoisotopic (exact) mass is 305 g/mol. The fourth-order valence-corrected chi connectivity index (χ4v) is 2.53. The SMILES string of the molecule is O=c1oc2ccccc2cc1-c1nnn(O)c1-c1ccccc1. The van der Waals surface area contributed by atoms with Crippen molar-refractivity contribution in [3.8, 4) is 22.5 Å². The maximum absolute atomic E-state index is 12.3. The Balaban J connectivity index is 1.99. The molecule has 4 aromatic rings. The van der Waals surface area contributed by atoms with E-state index in [2.05, 4.69) is 10.3 Å². The largest absolute Gasteiger partial charge is 0.422 e. The van der Waals surface area contributed by atoms with Gasteiger partial charge in [-0.15, -0.1) is 5.10 Å². The molecule has 2 aromatic heterocycles. The van der Waals surface area contributed by atoms with Gasteiger partial charge in [0, 0.05) is 10.9 Å². The molecule has 1 N–H and O–H groups in total. The van der Waals surface area contributed by atoms with Crippen molar-refractivity contribution in [1.29, 1.82) is 0 Å². The van der Waals surface area contributed by atoms with Crippen molar-refractivity contribution in [1.82, 2.24) is 15.2 Å². The number of nitrogens with zero attached hydrogens (tertiary/aromatic N) is 3. The van der Waals surface area contributed by atoms with Gasteiger partial charge in [-0.1, -0.05) is 53.4 Å². The molecule has 2 aromatic carbocycles. The van der Waals surface area contributed by atoms with Crippen molar-refractivity contribution in [3.63, 3.8) is 0 Å². The van der Waals surface area contributed by atoms with E-state index >= 15 is 0 Å². The molecule has 0 atom stereocenters. The molecule has 0 spiro atoms. The first kappa shape index (κ1) is 13.3. The molecule has 4 rings (SSSR count). The second-order valence-corrected chi connectivity index (χ2v) is 5.03. The van der Waals surface area contributed by atoms with Crippen molar-refractivity contribution < 1.29 is 9.62 Å². The second kappa shape index (κ2) is 5.10. The predicted octanol–water partition coefficient (Wildman–Crippen LogP) is 2.96. The van der Waals surface area contributed by atoms with E-state index in [1.165, 1.54) is 0 Å². The van der Waals surface area contributed by atoms with Crippen LogP contribution in [0.1, 0.15) is 0 Å². The second-order valence-electron chi connectivity index (χ2n) is 5.03. The summed E-state index contributed by atoms with van der Waals surface area (Å²) < 4.78 is 5.33. The first-order chi connectivity index (χ1) is 11.2. The van der Waals surface area contributed by atoms with E-state index in [0.717, 1.165) is 5.39 Å². The molecule has 0 bridgehead atoms. The van der Waals surface area contributed by atoms with E-state index in [-0.39, 0.29) is 11.3 Å². The first-order valence-corrected chi connectivity index (χ1v) is 6.97. The van der Waals surface area contributed by atoms with E-state index in [9.17, 15) is 10.0 Å². The van der Waals surface area contributed by atoms with Crippen LogP contribution in [0.5, 0.6) is 0 Å². The molecule has 0 amide bonds. The summed E-state index contributed by atoms with van der Waals surface area (Å²) in [5.74, 6) is 0. The minimum Gasteiger partial charge on any atom is -0.422 e. The topological polar surface area (TPSA) is 81.2 Å². The molecule has 6 nitrogen and oxygen atoms in total. The quantitative estimate of drug-likeness (QED) is 0.455. The standard InChI is InChI=1S/C17H11N3O3/c21-17-13(10-12-8-4-5-9-14(12)23-17)15-16(20(22)19-18-15)11-6-2-1-3-7-11/h1-10,22H. The summed E-state index contributed by atoms with van der Waals surface area (Å²) in [5.41, 5.74) is 1.54. The lowest BCUT2D eigenvalue weighted by atomic mass is 10.1. The zero-order chi connectivity index (χ0) is 15.8. The van der Waals surface area contributed by atoms with Gasteiger partial charge in [0.2, 0.25) is 0 Å². The van der Waals surface area contributed by atoms with Crippen LogP contribution in [-0.2, 0) is 0 Å². The van der Waals surface area contributed by atoms with Crippen LogP contribution in [0.25, 0.3) is 33.5 Å². The van der Waals surface area contributed by atoms with Crippen LogP contribution in [0.2, 0.25) is 0 Å². The molecule has 0 radical (unpaired) electrons. The Hall–Kier alpha value is -3.41. The molecule has 0 saturated carbocycles. The smallest absolute Gasteiger partial charge is 0.345 e. The Labute approximate surface area is 130 Å². The summed E-state index contributed by atoms with van der Waals surface area (Å²) in [6.45, 7) is 0. The Morgan fingerprint density at radius 2 is 1.74 bits per heavy atom. The van der Waals surface area contributed by atoms with Crippen molar-refractivity contribution >= 4 is 11.0 Å². The Morgan fingerprint density at radius 3 is 2.57 bits per heavy atom. The Kier molecular flexibility index (Phi) is 2.94. The number of fused-ring (bicyclic) bond motifs is 1. The molecule has 0 fully saturated rings. The van der Waals surface area contributed by atoms with E-state index in [0.29, 0.717) is 21.7 Å². The summed E-state index contributed by atoms with van der Waals surface area (Å²) in [6.07, 6.45) is 0. The zero-order valence-electron chi connectivity index (χ0n) is 11.9. The van der Waals surface area contributed by atoms with E-state index < -0.39 is 5.63 Å². The lowest BCUT2D eigenvalue weighted by molar-refractivity contribution is 0.147. The van der Waals surface area contributed by atoms with Crippen LogP contribution < -0.4 is 5.63 Å². The van der Waals surface area contributed by atoms with Crippen molar-refractivity contribution in [2.75, 3.05) is 0 Å². The van der Waals surface area contributed by atoms with Crippen LogP contribution in [0.4, 0.5) is 0 Å². The van der Waals surface area contributed by atoms with Crippen LogP contribution in [-0.4, -0.2) is 20.4 Å². The number of hydrogen-bond donors (Lipinski definition) is 1. The average molecular weight is 305 g/mol. The molecule has 0 aliphatic carbocycles. The van der Waals surface area contributed by atoms with Gasteiger partial charge >= 0.3 is 5.63 Å². The van der Waals surface area contributed by atoms with Crippen LogP contribution in [0.15, 0.2) is 69.9 Å². The number of rotatable bonds is 2. The fraction of sp³-hybridized carbons (Fsp3) is 0. The van der Waals surface area contributed by atoms with Gasteiger partial charge < -0.3 is 9.62 Å². The minimum absolute atomic E-state index is 0.253. The van der Waals surface area contributed by atoms with E-state index in [4.69, 9.17) is 4.42 Å². The van der Waals surface area contributed by atoms with Gasteiger partial charge in [0.1, 0.15) is 17.0 Å². The van der Waals surface area contributed by atoms with Gasteiger partial charge in [-0.2, -0.15) is 0 Å². The molecule has 0 aliphatic heterocycles. The summed E-state index contributed by atoms with van der Waals surface area (Å²) in [4.78, 5) is 13.0. The number of aromatic nitrogens is 3.